The van der Waals surface area contributed by atoms with Crippen LogP contribution in [0.4, 0.5) is 4.39 Å². The standard InChI is InChI=1S/C13H19ClFNO/c1-3-8-16(9-7-14)10-11-5-4-6-12(17-2)13(11)15/h4-6H,3,7-10H2,1-2H3. The second kappa shape index (κ2) is 7.51. The van der Waals surface area contributed by atoms with E-state index in [0.717, 1.165) is 19.5 Å². The summed E-state index contributed by atoms with van der Waals surface area (Å²) in [4.78, 5) is 2.14. The second-order valence-corrected chi connectivity index (χ2v) is 4.28. The maximum atomic E-state index is 13.9. The van der Waals surface area contributed by atoms with Gasteiger partial charge in [-0.2, -0.15) is 0 Å². The molecule has 0 aromatic heterocycles. The van der Waals surface area contributed by atoms with E-state index in [-0.39, 0.29) is 5.82 Å². The van der Waals surface area contributed by atoms with Gasteiger partial charge in [-0.3, -0.25) is 4.90 Å². The van der Waals surface area contributed by atoms with Crippen LogP contribution in [-0.4, -0.2) is 31.0 Å². The molecule has 96 valence electrons. The first-order valence-electron chi connectivity index (χ1n) is 5.82. The van der Waals surface area contributed by atoms with Crippen molar-refractivity contribution >= 4 is 11.6 Å². The molecule has 0 unspecified atom stereocenters. The molecule has 1 aromatic rings. The summed E-state index contributed by atoms with van der Waals surface area (Å²) in [5.74, 6) is 0.585. The van der Waals surface area contributed by atoms with Crippen molar-refractivity contribution in [3.63, 3.8) is 0 Å². The fraction of sp³-hybridized carbons (Fsp3) is 0.538. The van der Waals surface area contributed by atoms with Crippen LogP contribution in [0.3, 0.4) is 0 Å². The van der Waals surface area contributed by atoms with Crippen molar-refractivity contribution in [2.24, 2.45) is 0 Å². The van der Waals surface area contributed by atoms with E-state index < -0.39 is 0 Å². The summed E-state index contributed by atoms with van der Waals surface area (Å²) in [5, 5.41) is 0. The molecule has 0 saturated heterocycles. The van der Waals surface area contributed by atoms with E-state index in [9.17, 15) is 4.39 Å². The van der Waals surface area contributed by atoms with Crippen molar-refractivity contribution in [2.45, 2.75) is 19.9 Å². The Morgan fingerprint density at radius 1 is 1.35 bits per heavy atom. The average Bonchev–Trinajstić information content (AvgIpc) is 2.32. The first-order chi connectivity index (χ1) is 8.22. The largest absolute Gasteiger partial charge is 0.494 e. The fourth-order valence-electron chi connectivity index (χ4n) is 1.78. The van der Waals surface area contributed by atoms with Gasteiger partial charge in [0.15, 0.2) is 11.6 Å². The highest BCUT2D eigenvalue weighted by atomic mass is 35.5. The van der Waals surface area contributed by atoms with Gasteiger partial charge in [0.1, 0.15) is 0 Å². The molecule has 0 N–H and O–H groups in total. The SMILES string of the molecule is CCCN(CCCl)Cc1cccc(OC)c1F. The Morgan fingerprint density at radius 3 is 2.71 bits per heavy atom. The predicted molar refractivity (Wildman–Crippen MR) is 69.2 cm³/mol. The summed E-state index contributed by atoms with van der Waals surface area (Å²) in [6.07, 6.45) is 1.03. The van der Waals surface area contributed by atoms with E-state index in [1.807, 2.05) is 6.07 Å². The molecule has 2 nitrogen and oxygen atoms in total. The molecular weight excluding hydrogens is 241 g/mol. The van der Waals surface area contributed by atoms with Crippen LogP contribution in [0.5, 0.6) is 5.75 Å². The molecular formula is C13H19ClFNO. The van der Waals surface area contributed by atoms with Gasteiger partial charge in [0.2, 0.25) is 0 Å². The zero-order valence-corrected chi connectivity index (χ0v) is 11.1. The first-order valence-corrected chi connectivity index (χ1v) is 6.36. The third-order valence-corrected chi connectivity index (χ3v) is 2.77. The predicted octanol–water partition coefficient (Wildman–Crippen LogP) is 3.29. The Labute approximate surface area is 107 Å². The van der Waals surface area contributed by atoms with E-state index in [1.54, 1.807) is 12.1 Å². The van der Waals surface area contributed by atoms with Gasteiger partial charge in [0.25, 0.3) is 0 Å². The second-order valence-electron chi connectivity index (χ2n) is 3.90. The zero-order chi connectivity index (χ0) is 12.7. The molecule has 0 fully saturated rings. The molecule has 1 aromatic carbocycles. The summed E-state index contributed by atoms with van der Waals surface area (Å²) in [6, 6.07) is 5.22. The number of halogens is 2. The molecule has 4 heteroatoms. The smallest absolute Gasteiger partial charge is 0.169 e. The lowest BCUT2D eigenvalue weighted by Gasteiger charge is -2.21. The van der Waals surface area contributed by atoms with Crippen molar-refractivity contribution in [1.29, 1.82) is 0 Å². The lowest BCUT2D eigenvalue weighted by Crippen LogP contribution is -2.26. The number of hydrogen-bond donors (Lipinski definition) is 0. The van der Waals surface area contributed by atoms with Crippen LogP contribution in [0.1, 0.15) is 18.9 Å². The summed E-state index contributed by atoms with van der Waals surface area (Å²) in [6.45, 7) is 4.36. The van der Waals surface area contributed by atoms with Crippen LogP contribution < -0.4 is 4.74 Å². The minimum Gasteiger partial charge on any atom is -0.494 e. The average molecular weight is 260 g/mol. The van der Waals surface area contributed by atoms with Gasteiger partial charge in [0.05, 0.1) is 7.11 Å². The Bertz CT molecular complexity index is 340. The van der Waals surface area contributed by atoms with E-state index in [4.69, 9.17) is 16.3 Å². The third kappa shape index (κ3) is 4.17. The van der Waals surface area contributed by atoms with Crippen LogP contribution in [0, 0.1) is 5.82 Å². The van der Waals surface area contributed by atoms with E-state index >= 15 is 0 Å². The van der Waals surface area contributed by atoms with Crippen molar-refractivity contribution < 1.29 is 9.13 Å². The first kappa shape index (κ1) is 14.3. The Kier molecular flexibility index (Phi) is 6.30. The van der Waals surface area contributed by atoms with Crippen LogP contribution >= 0.6 is 11.6 Å². The summed E-state index contributed by atoms with van der Waals surface area (Å²) < 4.78 is 18.9. The van der Waals surface area contributed by atoms with Crippen molar-refractivity contribution in [1.82, 2.24) is 4.90 Å². The molecule has 0 spiro atoms. The molecule has 17 heavy (non-hydrogen) atoms. The van der Waals surface area contributed by atoms with Crippen LogP contribution in [-0.2, 0) is 6.54 Å². The number of rotatable bonds is 7. The van der Waals surface area contributed by atoms with Crippen LogP contribution in [0.15, 0.2) is 18.2 Å². The maximum absolute atomic E-state index is 13.9. The summed E-state index contributed by atoms with van der Waals surface area (Å²) in [7, 11) is 1.48. The van der Waals surface area contributed by atoms with Gasteiger partial charge >= 0.3 is 0 Å². The lowest BCUT2D eigenvalue weighted by molar-refractivity contribution is 0.276. The van der Waals surface area contributed by atoms with Gasteiger partial charge in [-0.25, -0.2) is 4.39 Å². The van der Waals surface area contributed by atoms with Gasteiger partial charge in [-0.15, -0.1) is 11.6 Å². The van der Waals surface area contributed by atoms with Crippen LogP contribution in [0.2, 0.25) is 0 Å². The molecule has 0 radical (unpaired) electrons. The normalized spacial score (nSPS) is 10.9. The third-order valence-electron chi connectivity index (χ3n) is 2.60. The number of hydrogen-bond acceptors (Lipinski definition) is 2. The Morgan fingerprint density at radius 2 is 2.12 bits per heavy atom. The van der Waals surface area contributed by atoms with Gasteiger partial charge in [-0.1, -0.05) is 19.1 Å². The highest BCUT2D eigenvalue weighted by molar-refractivity contribution is 6.18. The molecule has 0 heterocycles. The molecule has 0 atom stereocenters. The molecule has 0 aliphatic carbocycles. The lowest BCUT2D eigenvalue weighted by atomic mass is 10.2. The minimum atomic E-state index is -0.273. The fourth-order valence-corrected chi connectivity index (χ4v) is 2.02. The monoisotopic (exact) mass is 259 g/mol. The van der Waals surface area contributed by atoms with Crippen LogP contribution in [0.25, 0.3) is 0 Å². The summed E-state index contributed by atoms with van der Waals surface area (Å²) >= 11 is 5.74. The highest BCUT2D eigenvalue weighted by Crippen LogP contribution is 2.21. The highest BCUT2D eigenvalue weighted by Gasteiger charge is 2.11. The molecule has 0 aliphatic rings. The van der Waals surface area contributed by atoms with E-state index in [2.05, 4.69) is 11.8 Å². The molecule has 0 aliphatic heterocycles. The van der Waals surface area contributed by atoms with Gasteiger partial charge < -0.3 is 4.74 Å². The number of alkyl halides is 1. The maximum Gasteiger partial charge on any atom is 0.169 e. The van der Waals surface area contributed by atoms with Crippen molar-refractivity contribution in [3.8, 4) is 5.75 Å². The Hall–Kier alpha value is -0.800. The summed E-state index contributed by atoms with van der Waals surface area (Å²) in [5.41, 5.74) is 0.655. The van der Waals surface area contributed by atoms with E-state index in [0.29, 0.717) is 23.7 Å². The quantitative estimate of drug-likeness (QED) is 0.697. The number of benzene rings is 1. The van der Waals surface area contributed by atoms with Crippen molar-refractivity contribution in [3.05, 3.63) is 29.6 Å². The molecule has 0 saturated carbocycles. The zero-order valence-electron chi connectivity index (χ0n) is 10.4. The van der Waals surface area contributed by atoms with E-state index in [1.165, 1.54) is 7.11 Å². The topological polar surface area (TPSA) is 12.5 Å². The molecule has 0 amide bonds. The minimum absolute atomic E-state index is 0.273. The molecule has 0 bridgehead atoms. The molecule has 1 rings (SSSR count). The number of ether oxygens (including phenoxy) is 1. The number of methoxy groups -OCH3 is 1. The van der Waals surface area contributed by atoms with Gasteiger partial charge in [-0.05, 0) is 19.0 Å². The van der Waals surface area contributed by atoms with Gasteiger partial charge in [0, 0.05) is 24.5 Å². The van der Waals surface area contributed by atoms with Crippen molar-refractivity contribution in [2.75, 3.05) is 26.1 Å². The number of nitrogens with zero attached hydrogens (tertiary/aromatic N) is 1. The Balaban J connectivity index is 2.77.